The number of carbonyl (C=O) groups excluding carboxylic acids is 3. The van der Waals surface area contributed by atoms with Crippen molar-refractivity contribution in [1.82, 2.24) is 0 Å². The summed E-state index contributed by atoms with van der Waals surface area (Å²) in [7, 11) is -4.75. The molecule has 418 valence electrons. The van der Waals surface area contributed by atoms with E-state index < -0.39 is 57.8 Å². The predicted molar refractivity (Wildman–Crippen MR) is 298 cm³/mol. The van der Waals surface area contributed by atoms with Gasteiger partial charge >= 0.3 is 25.7 Å². The molecule has 0 rings (SSSR count). The summed E-state index contributed by atoms with van der Waals surface area (Å²) in [6.07, 6.45) is 59.1. The average Bonchev–Trinajstić information content (AvgIpc) is 3.37. The maximum atomic E-state index is 12.9. The molecule has 0 aliphatic carbocycles. The van der Waals surface area contributed by atoms with Crippen molar-refractivity contribution in [3.8, 4) is 0 Å². The lowest BCUT2D eigenvalue weighted by Crippen LogP contribution is -2.30. The number of rotatable bonds is 54. The SMILES string of the molecule is CC/C=C\C/C=C\C/C=C\C/C=C\CCCCC(=O)OCC(COP(=O)(O)OCC(CO)OC(=O)CCCCCCC/C=C\CCCC)OC(=O)CCCCCCCCCCCCCCCCCCCCC. The minimum atomic E-state index is -4.75. The van der Waals surface area contributed by atoms with Crippen LogP contribution in [0.5, 0.6) is 0 Å². The lowest BCUT2D eigenvalue weighted by Gasteiger charge is -2.21. The van der Waals surface area contributed by atoms with E-state index in [4.69, 9.17) is 23.3 Å². The lowest BCUT2D eigenvalue weighted by molar-refractivity contribution is -0.161. The third-order valence-corrected chi connectivity index (χ3v) is 13.4. The first-order valence-corrected chi connectivity index (χ1v) is 30.7. The zero-order valence-corrected chi connectivity index (χ0v) is 47.0. The van der Waals surface area contributed by atoms with Crippen molar-refractivity contribution < 1.29 is 52.2 Å². The van der Waals surface area contributed by atoms with Crippen LogP contribution in [0.15, 0.2) is 60.8 Å². The number of hydrogen-bond donors (Lipinski definition) is 2. The van der Waals surface area contributed by atoms with Crippen molar-refractivity contribution in [2.24, 2.45) is 0 Å². The summed E-state index contributed by atoms with van der Waals surface area (Å²) in [5, 5.41) is 9.79. The largest absolute Gasteiger partial charge is 0.472 e. The van der Waals surface area contributed by atoms with Gasteiger partial charge in [-0.15, -0.1) is 0 Å². The van der Waals surface area contributed by atoms with Crippen LogP contribution in [0.1, 0.15) is 265 Å². The second kappa shape index (κ2) is 54.4. The van der Waals surface area contributed by atoms with Crippen molar-refractivity contribution in [2.75, 3.05) is 26.4 Å². The van der Waals surface area contributed by atoms with E-state index in [-0.39, 0.29) is 25.9 Å². The van der Waals surface area contributed by atoms with Crippen LogP contribution >= 0.6 is 7.82 Å². The Kier molecular flexibility index (Phi) is 52.3. The smallest absolute Gasteiger partial charge is 0.462 e. The fourth-order valence-electron chi connectivity index (χ4n) is 7.98. The molecule has 11 nitrogen and oxygen atoms in total. The first kappa shape index (κ1) is 69.2. The van der Waals surface area contributed by atoms with Gasteiger partial charge in [-0.2, -0.15) is 0 Å². The van der Waals surface area contributed by atoms with Gasteiger partial charge in [0.25, 0.3) is 0 Å². The number of carbonyl (C=O) groups is 3. The molecule has 0 saturated carbocycles. The van der Waals surface area contributed by atoms with Crippen molar-refractivity contribution in [3.05, 3.63) is 60.8 Å². The number of ether oxygens (including phenoxy) is 3. The fraction of sp³-hybridized carbons (Fsp3) is 0.783. The number of hydrogen-bond acceptors (Lipinski definition) is 10. The number of phosphoric acid groups is 1. The number of unbranched alkanes of at least 4 members (excludes halogenated alkanes) is 27. The van der Waals surface area contributed by atoms with E-state index in [0.29, 0.717) is 19.3 Å². The van der Waals surface area contributed by atoms with Crippen LogP contribution in [-0.2, 0) is 42.2 Å². The summed E-state index contributed by atoms with van der Waals surface area (Å²) in [6.45, 7) is 4.46. The van der Waals surface area contributed by atoms with E-state index in [1.54, 1.807) is 0 Å². The maximum absolute atomic E-state index is 12.9. The quantitative estimate of drug-likeness (QED) is 0.0197. The number of allylic oxidation sites excluding steroid dienone is 10. The molecule has 3 unspecified atom stereocenters. The molecule has 0 aliphatic heterocycles. The van der Waals surface area contributed by atoms with Crippen molar-refractivity contribution in [2.45, 2.75) is 277 Å². The summed E-state index contributed by atoms with van der Waals surface area (Å²) in [6, 6.07) is 0. The Balaban J connectivity index is 4.74. The van der Waals surface area contributed by atoms with Crippen molar-refractivity contribution in [3.63, 3.8) is 0 Å². The lowest BCUT2D eigenvalue weighted by atomic mass is 10.0. The highest BCUT2D eigenvalue weighted by molar-refractivity contribution is 7.47. The minimum Gasteiger partial charge on any atom is -0.462 e. The van der Waals surface area contributed by atoms with Gasteiger partial charge in [0.05, 0.1) is 19.8 Å². The van der Waals surface area contributed by atoms with Crippen LogP contribution < -0.4 is 0 Å². The van der Waals surface area contributed by atoms with Crippen LogP contribution in [0, 0.1) is 0 Å². The van der Waals surface area contributed by atoms with Gasteiger partial charge in [0.15, 0.2) is 6.10 Å². The van der Waals surface area contributed by atoms with Crippen LogP contribution in [0.2, 0.25) is 0 Å². The Hall–Kier alpha value is -2.82. The van der Waals surface area contributed by atoms with E-state index in [2.05, 4.69) is 81.5 Å². The van der Waals surface area contributed by atoms with Crippen molar-refractivity contribution in [1.29, 1.82) is 0 Å². The molecular formula is C60H107O11P. The summed E-state index contributed by atoms with van der Waals surface area (Å²) in [5.41, 5.74) is 0. The second-order valence-corrected chi connectivity index (χ2v) is 20.9. The molecule has 12 heteroatoms. The third kappa shape index (κ3) is 52.1. The Morgan fingerprint density at radius 3 is 1.19 bits per heavy atom. The van der Waals surface area contributed by atoms with Gasteiger partial charge in [-0.3, -0.25) is 23.4 Å². The standard InChI is InChI=1S/C60H107O11P/c1-4-7-10-13-16-19-22-24-26-27-28-29-31-33-36-39-42-45-48-51-60(64)71-57(53-67-58(62)49-46-43-40-37-35-32-30-25-23-20-17-14-11-8-5-2)55-69-72(65,66)68-54-56(52-61)70-59(63)50-47-44-41-38-34-21-18-15-12-9-6-3/h8,11,15,17-18,20,25,30,35,37,56-57,61H,4-7,9-10,12-14,16,19,21-24,26-29,31-34,36,38-55H2,1-3H3,(H,65,66)/b11-8-,18-15-,20-17-,30-25-,37-35-. The van der Waals surface area contributed by atoms with Gasteiger partial charge in [0.1, 0.15) is 12.7 Å². The highest BCUT2D eigenvalue weighted by Crippen LogP contribution is 2.43. The van der Waals surface area contributed by atoms with Gasteiger partial charge in [-0.1, -0.05) is 229 Å². The molecule has 0 aliphatic rings. The second-order valence-electron chi connectivity index (χ2n) is 19.4. The summed E-state index contributed by atoms with van der Waals surface area (Å²) in [4.78, 5) is 48.5. The molecule has 72 heavy (non-hydrogen) atoms. The van der Waals surface area contributed by atoms with Crippen LogP contribution in [0.3, 0.4) is 0 Å². The summed E-state index contributed by atoms with van der Waals surface area (Å²) in [5.74, 6) is -1.51. The number of esters is 3. The molecule has 0 fully saturated rings. The zero-order valence-electron chi connectivity index (χ0n) is 46.1. The third-order valence-electron chi connectivity index (χ3n) is 12.4. The van der Waals surface area contributed by atoms with Gasteiger partial charge in [-0.05, 0) is 77.0 Å². The highest BCUT2D eigenvalue weighted by Gasteiger charge is 2.28. The van der Waals surface area contributed by atoms with Crippen LogP contribution in [0.4, 0.5) is 0 Å². The number of aliphatic hydroxyl groups is 1. The number of aliphatic hydroxyl groups excluding tert-OH is 1. The Morgan fingerprint density at radius 2 is 0.736 bits per heavy atom. The monoisotopic (exact) mass is 1030 g/mol. The van der Waals surface area contributed by atoms with Gasteiger partial charge in [0.2, 0.25) is 0 Å². The maximum Gasteiger partial charge on any atom is 0.472 e. The molecule has 0 aromatic carbocycles. The molecule has 3 atom stereocenters. The Labute approximate surface area is 440 Å². The topological polar surface area (TPSA) is 155 Å². The normalized spacial score (nSPS) is 13.8. The first-order chi connectivity index (χ1) is 35.2. The van der Waals surface area contributed by atoms with E-state index >= 15 is 0 Å². The van der Waals surface area contributed by atoms with Crippen molar-refractivity contribution >= 4 is 25.7 Å². The highest BCUT2D eigenvalue weighted by atomic mass is 31.2. The molecule has 2 N–H and O–H groups in total. The summed E-state index contributed by atoms with van der Waals surface area (Å²) >= 11 is 0. The molecular weight excluding hydrogens is 928 g/mol. The van der Waals surface area contributed by atoms with Gasteiger partial charge in [-0.25, -0.2) is 4.57 Å². The first-order valence-electron chi connectivity index (χ1n) is 29.2. The molecule has 0 bridgehead atoms. The molecule has 0 aromatic heterocycles. The zero-order chi connectivity index (χ0) is 52.7. The molecule has 0 radical (unpaired) electrons. The minimum absolute atomic E-state index is 0.161. The Morgan fingerprint density at radius 1 is 0.403 bits per heavy atom. The van der Waals surface area contributed by atoms with E-state index in [9.17, 15) is 28.9 Å². The predicted octanol–water partition coefficient (Wildman–Crippen LogP) is 17.1. The van der Waals surface area contributed by atoms with E-state index in [1.807, 2.05) is 0 Å². The average molecular weight is 1040 g/mol. The molecule has 0 spiro atoms. The number of phosphoric ester groups is 1. The van der Waals surface area contributed by atoms with E-state index in [0.717, 1.165) is 96.3 Å². The molecule has 0 aromatic rings. The van der Waals surface area contributed by atoms with E-state index in [1.165, 1.54) is 109 Å². The van der Waals surface area contributed by atoms with Gasteiger partial charge < -0.3 is 24.2 Å². The Bertz CT molecular complexity index is 1440. The van der Waals surface area contributed by atoms with Crippen LogP contribution in [0.25, 0.3) is 0 Å². The molecule has 0 amide bonds. The van der Waals surface area contributed by atoms with Gasteiger partial charge in [0, 0.05) is 19.3 Å². The molecule has 0 saturated heterocycles. The fourth-order valence-corrected chi connectivity index (χ4v) is 8.76. The summed E-state index contributed by atoms with van der Waals surface area (Å²) < 4.78 is 39.5. The molecule has 0 heterocycles. The van der Waals surface area contributed by atoms with Crippen LogP contribution in [-0.4, -0.2) is 66.5 Å².